The van der Waals surface area contributed by atoms with Gasteiger partial charge in [0.05, 0.1) is 6.54 Å². The number of nitrogens with zero attached hydrogens (tertiary/aromatic N) is 5. The van der Waals surface area contributed by atoms with Crippen LogP contribution in [0.1, 0.15) is 47.7 Å². The highest BCUT2D eigenvalue weighted by atomic mass is 16.2. The molecule has 34 heavy (non-hydrogen) atoms. The van der Waals surface area contributed by atoms with Gasteiger partial charge in [-0.05, 0) is 37.3 Å². The van der Waals surface area contributed by atoms with E-state index < -0.39 is 0 Å². The van der Waals surface area contributed by atoms with Crippen molar-refractivity contribution in [2.75, 3.05) is 13.1 Å². The first-order valence-corrected chi connectivity index (χ1v) is 11.8. The van der Waals surface area contributed by atoms with Gasteiger partial charge in [0.2, 0.25) is 5.91 Å². The smallest absolute Gasteiger partial charge is 0.281 e. The Bertz CT molecular complexity index is 1340. The molecule has 0 spiro atoms. The second-order valence-corrected chi connectivity index (χ2v) is 9.02. The molecule has 1 saturated heterocycles. The highest BCUT2D eigenvalue weighted by Crippen LogP contribution is 2.25. The lowest BCUT2D eigenvalue weighted by Crippen LogP contribution is -2.40. The van der Waals surface area contributed by atoms with Crippen LogP contribution in [0, 0.1) is 6.92 Å². The zero-order valence-electron chi connectivity index (χ0n) is 19.3. The fourth-order valence-electron chi connectivity index (χ4n) is 4.53. The molecule has 1 aliphatic heterocycles. The molecule has 5 rings (SSSR count). The number of aromatic amines is 1. The lowest BCUT2D eigenvalue weighted by atomic mass is 9.96. The lowest BCUT2D eigenvalue weighted by molar-refractivity contribution is -0.132. The molecule has 174 valence electrons. The van der Waals surface area contributed by atoms with Crippen molar-refractivity contribution in [1.82, 2.24) is 29.9 Å². The molecular weight excluding hydrogens is 428 g/mol. The molecule has 1 amide bonds. The zero-order valence-corrected chi connectivity index (χ0v) is 19.3. The standard InChI is InChI=1S/C26H28N6O2/c1-18-9-11-20(12-10-18)16-32-25-23(29-30-32)26(34)28-24(27-25)21-8-5-15-31(17-21)22(33)14-13-19-6-3-2-4-7-19/h2-4,6-7,9-12,21H,5,8,13-17H2,1H3,(H,27,28,34). The molecule has 0 bridgehead atoms. The predicted molar refractivity (Wildman–Crippen MR) is 130 cm³/mol. The van der Waals surface area contributed by atoms with Gasteiger partial charge in [-0.3, -0.25) is 9.59 Å². The second kappa shape index (κ2) is 9.59. The zero-order chi connectivity index (χ0) is 23.5. The van der Waals surface area contributed by atoms with Crippen molar-refractivity contribution in [3.63, 3.8) is 0 Å². The molecule has 1 aliphatic rings. The Morgan fingerprint density at radius 3 is 2.68 bits per heavy atom. The number of H-pyrrole nitrogens is 1. The van der Waals surface area contributed by atoms with E-state index >= 15 is 0 Å². The monoisotopic (exact) mass is 456 g/mol. The molecule has 0 aliphatic carbocycles. The van der Waals surface area contributed by atoms with Gasteiger partial charge in [-0.15, -0.1) is 5.10 Å². The number of hydrogen-bond donors (Lipinski definition) is 1. The molecule has 0 saturated carbocycles. The Labute approximate surface area is 197 Å². The average molecular weight is 457 g/mol. The van der Waals surface area contributed by atoms with Gasteiger partial charge in [0.15, 0.2) is 11.2 Å². The van der Waals surface area contributed by atoms with Crippen LogP contribution < -0.4 is 5.56 Å². The Morgan fingerprint density at radius 2 is 1.88 bits per heavy atom. The third-order valence-corrected chi connectivity index (χ3v) is 6.48. The summed E-state index contributed by atoms with van der Waals surface area (Å²) in [6.07, 6.45) is 2.96. The van der Waals surface area contributed by atoms with Gasteiger partial charge in [0.25, 0.3) is 5.56 Å². The van der Waals surface area contributed by atoms with Crippen molar-refractivity contribution < 1.29 is 4.79 Å². The van der Waals surface area contributed by atoms with Gasteiger partial charge < -0.3 is 9.88 Å². The normalized spacial score (nSPS) is 16.1. The van der Waals surface area contributed by atoms with Crippen LogP contribution in [-0.2, 0) is 17.8 Å². The summed E-state index contributed by atoms with van der Waals surface area (Å²) in [5.41, 5.74) is 3.84. The Morgan fingerprint density at radius 1 is 1.09 bits per heavy atom. The van der Waals surface area contributed by atoms with Gasteiger partial charge in [-0.25, -0.2) is 9.67 Å². The van der Waals surface area contributed by atoms with Gasteiger partial charge in [-0.1, -0.05) is 65.4 Å². The number of benzene rings is 2. The maximum Gasteiger partial charge on any atom is 0.281 e. The summed E-state index contributed by atoms with van der Waals surface area (Å²) in [5.74, 6) is 0.725. The first-order valence-electron chi connectivity index (χ1n) is 11.8. The van der Waals surface area contributed by atoms with Crippen LogP contribution in [0.2, 0.25) is 0 Å². The molecule has 1 atom stereocenters. The highest BCUT2D eigenvalue weighted by molar-refractivity contribution is 5.76. The molecule has 1 N–H and O–H groups in total. The number of piperidine rings is 1. The van der Waals surface area contributed by atoms with Gasteiger partial charge in [-0.2, -0.15) is 0 Å². The maximum absolute atomic E-state index is 12.9. The molecule has 1 fully saturated rings. The number of aromatic nitrogens is 5. The average Bonchev–Trinajstić information content (AvgIpc) is 3.28. The summed E-state index contributed by atoms with van der Waals surface area (Å²) < 4.78 is 1.67. The third kappa shape index (κ3) is 4.76. The topological polar surface area (TPSA) is 96.8 Å². The quantitative estimate of drug-likeness (QED) is 0.481. The van der Waals surface area contributed by atoms with Crippen LogP contribution >= 0.6 is 0 Å². The fourth-order valence-corrected chi connectivity index (χ4v) is 4.53. The van der Waals surface area contributed by atoms with E-state index in [4.69, 9.17) is 4.98 Å². The molecule has 1 unspecified atom stereocenters. The molecule has 8 heteroatoms. The van der Waals surface area contributed by atoms with Crippen LogP contribution in [0.3, 0.4) is 0 Å². The number of carbonyl (C=O) groups excluding carboxylic acids is 1. The van der Waals surface area contributed by atoms with E-state index in [1.54, 1.807) is 4.68 Å². The van der Waals surface area contributed by atoms with E-state index in [2.05, 4.69) is 15.3 Å². The summed E-state index contributed by atoms with van der Waals surface area (Å²) >= 11 is 0. The Balaban J connectivity index is 1.33. The number of fused-ring (bicyclic) bond motifs is 1. The summed E-state index contributed by atoms with van der Waals surface area (Å²) in [4.78, 5) is 35.2. The van der Waals surface area contributed by atoms with Crippen molar-refractivity contribution in [2.45, 2.75) is 45.1 Å². The van der Waals surface area contributed by atoms with Gasteiger partial charge in [0.1, 0.15) is 5.82 Å². The van der Waals surface area contributed by atoms with Crippen LogP contribution in [0.5, 0.6) is 0 Å². The van der Waals surface area contributed by atoms with E-state index in [1.807, 2.05) is 66.4 Å². The minimum absolute atomic E-state index is 0.0192. The van der Waals surface area contributed by atoms with Gasteiger partial charge in [0, 0.05) is 25.4 Å². The number of hydrogen-bond acceptors (Lipinski definition) is 5. The van der Waals surface area contributed by atoms with Crippen LogP contribution in [-0.4, -0.2) is 48.9 Å². The van der Waals surface area contributed by atoms with Crippen molar-refractivity contribution in [3.05, 3.63) is 87.5 Å². The largest absolute Gasteiger partial charge is 0.342 e. The van der Waals surface area contributed by atoms with E-state index in [9.17, 15) is 9.59 Å². The first-order chi connectivity index (χ1) is 16.6. The second-order valence-electron chi connectivity index (χ2n) is 9.02. The Hall–Kier alpha value is -3.81. The molecule has 4 aromatic rings. The maximum atomic E-state index is 12.9. The molecule has 0 radical (unpaired) electrons. The van der Waals surface area contributed by atoms with E-state index in [0.717, 1.165) is 36.9 Å². The van der Waals surface area contributed by atoms with Crippen LogP contribution in [0.25, 0.3) is 11.2 Å². The number of rotatable bonds is 6. The lowest BCUT2D eigenvalue weighted by Gasteiger charge is -2.32. The molecule has 2 aromatic carbocycles. The number of likely N-dealkylation sites (tertiary alicyclic amines) is 1. The third-order valence-electron chi connectivity index (χ3n) is 6.48. The number of aryl methyl sites for hydroxylation is 2. The number of carbonyl (C=O) groups is 1. The summed E-state index contributed by atoms with van der Waals surface area (Å²) in [5, 5.41) is 8.23. The number of nitrogens with one attached hydrogen (secondary N) is 1. The molecule has 8 nitrogen and oxygen atoms in total. The predicted octanol–water partition coefficient (Wildman–Crippen LogP) is 3.21. The van der Waals surface area contributed by atoms with Crippen LogP contribution in [0.4, 0.5) is 0 Å². The van der Waals surface area contributed by atoms with Crippen molar-refractivity contribution in [1.29, 1.82) is 0 Å². The molecule has 2 aromatic heterocycles. The number of amides is 1. The summed E-state index contributed by atoms with van der Waals surface area (Å²) in [7, 11) is 0. The minimum atomic E-state index is -0.289. The first kappa shape index (κ1) is 22.0. The van der Waals surface area contributed by atoms with E-state index in [-0.39, 0.29) is 22.9 Å². The summed E-state index contributed by atoms with van der Waals surface area (Å²) in [6.45, 7) is 3.83. The van der Waals surface area contributed by atoms with Crippen molar-refractivity contribution in [3.8, 4) is 0 Å². The van der Waals surface area contributed by atoms with Crippen LogP contribution in [0.15, 0.2) is 59.4 Å². The fraction of sp³-hybridized carbons (Fsp3) is 0.346. The molecular formula is C26H28N6O2. The van der Waals surface area contributed by atoms with E-state index in [0.29, 0.717) is 31.0 Å². The van der Waals surface area contributed by atoms with Crippen molar-refractivity contribution in [2.24, 2.45) is 0 Å². The SMILES string of the molecule is Cc1ccc(Cn2nnc3c(=O)[nH]c(C4CCCN(C(=O)CCc5ccccc5)C4)nc32)cc1. The summed E-state index contributed by atoms with van der Waals surface area (Å²) in [6, 6.07) is 18.2. The Kier molecular flexibility index (Phi) is 6.20. The highest BCUT2D eigenvalue weighted by Gasteiger charge is 2.27. The molecule has 3 heterocycles. The minimum Gasteiger partial charge on any atom is -0.342 e. The van der Waals surface area contributed by atoms with Crippen molar-refractivity contribution >= 4 is 17.1 Å². The van der Waals surface area contributed by atoms with E-state index in [1.165, 1.54) is 5.56 Å². The van der Waals surface area contributed by atoms with Gasteiger partial charge >= 0.3 is 0 Å².